The summed E-state index contributed by atoms with van der Waals surface area (Å²) in [5, 5.41) is 10.2. The lowest BCUT2D eigenvalue weighted by atomic mass is 10.1. The third-order valence-corrected chi connectivity index (χ3v) is 7.24. The molecule has 0 bridgehead atoms. The number of likely N-dealkylation sites (tertiary alicyclic amines) is 2. The Kier molecular flexibility index (Phi) is 8.86. The van der Waals surface area contributed by atoms with E-state index in [0.717, 1.165) is 31.6 Å². The number of aryl methyl sites for hydroxylation is 1. The number of benzene rings is 1. The van der Waals surface area contributed by atoms with E-state index in [1.54, 1.807) is 4.90 Å². The van der Waals surface area contributed by atoms with E-state index < -0.39 is 12.1 Å². The number of carboxylic acid groups (broad SMARTS) is 1. The van der Waals surface area contributed by atoms with Crippen molar-refractivity contribution in [3.05, 3.63) is 23.8 Å². The molecular weight excluding hydrogens is 477 g/mol. The fourth-order valence-corrected chi connectivity index (χ4v) is 5.46. The van der Waals surface area contributed by atoms with Gasteiger partial charge in [0.15, 0.2) is 0 Å². The van der Waals surface area contributed by atoms with E-state index in [2.05, 4.69) is 41.1 Å². The zero-order valence-corrected chi connectivity index (χ0v) is 21.0. The van der Waals surface area contributed by atoms with E-state index in [9.17, 15) is 22.8 Å². The van der Waals surface area contributed by atoms with E-state index in [-0.39, 0.29) is 17.9 Å². The van der Waals surface area contributed by atoms with Crippen LogP contribution in [0.2, 0.25) is 0 Å². The Hall–Kier alpha value is -2.82. The largest absolute Gasteiger partial charge is 0.490 e. The minimum Gasteiger partial charge on any atom is -0.475 e. The molecule has 3 saturated heterocycles. The first-order valence-electron chi connectivity index (χ1n) is 12.4. The Morgan fingerprint density at radius 2 is 1.72 bits per heavy atom. The maximum atomic E-state index is 12.7. The zero-order chi connectivity index (χ0) is 26.6. The highest BCUT2D eigenvalue weighted by Crippen LogP contribution is 2.31. The number of halogens is 3. The summed E-state index contributed by atoms with van der Waals surface area (Å²) in [5.41, 5.74) is 3.27. The number of nitrogens with zero attached hydrogens (tertiary/aromatic N) is 3. The number of anilines is 2. The van der Waals surface area contributed by atoms with Gasteiger partial charge in [-0.05, 0) is 76.3 Å². The van der Waals surface area contributed by atoms with Gasteiger partial charge in [0.1, 0.15) is 6.04 Å². The number of carbonyl (C=O) groups excluding carboxylic acids is 2. The van der Waals surface area contributed by atoms with Crippen LogP contribution in [0.1, 0.15) is 51.5 Å². The van der Waals surface area contributed by atoms with E-state index in [1.165, 1.54) is 44.0 Å². The molecule has 0 aromatic heterocycles. The molecule has 3 aliphatic rings. The predicted octanol–water partition coefficient (Wildman–Crippen LogP) is 3.64. The first-order valence-corrected chi connectivity index (χ1v) is 12.4. The smallest absolute Gasteiger partial charge is 0.475 e. The van der Waals surface area contributed by atoms with Gasteiger partial charge in [0, 0.05) is 50.0 Å². The Balaban J connectivity index is 0.000000454. The number of amides is 2. The molecule has 200 valence electrons. The van der Waals surface area contributed by atoms with E-state index >= 15 is 0 Å². The third kappa shape index (κ3) is 6.68. The molecule has 36 heavy (non-hydrogen) atoms. The number of hydrogen-bond acceptors (Lipinski definition) is 5. The van der Waals surface area contributed by atoms with Crippen LogP contribution in [0.25, 0.3) is 0 Å². The van der Waals surface area contributed by atoms with Crippen molar-refractivity contribution in [2.24, 2.45) is 0 Å². The molecular formula is C25H35F3N4O4. The molecule has 3 unspecified atom stereocenters. The SMILES string of the molecule is CC(=O)N1CCCC1C(=O)Nc1ccc(N2CCC(N3CCCC3C)C2)c(C)c1.O=C(O)C(F)(F)F. The van der Waals surface area contributed by atoms with Crippen LogP contribution in [0.3, 0.4) is 0 Å². The molecule has 0 radical (unpaired) electrons. The maximum Gasteiger partial charge on any atom is 0.490 e. The molecule has 11 heteroatoms. The number of hydrogen-bond donors (Lipinski definition) is 2. The molecule has 2 amide bonds. The van der Waals surface area contributed by atoms with Crippen molar-refractivity contribution in [3.8, 4) is 0 Å². The summed E-state index contributed by atoms with van der Waals surface area (Å²) in [6.07, 6.45) is 0.428. The van der Waals surface area contributed by atoms with Gasteiger partial charge in [-0.1, -0.05) is 0 Å². The third-order valence-electron chi connectivity index (χ3n) is 7.24. The van der Waals surface area contributed by atoms with Crippen LogP contribution in [0.5, 0.6) is 0 Å². The lowest BCUT2D eigenvalue weighted by molar-refractivity contribution is -0.192. The summed E-state index contributed by atoms with van der Waals surface area (Å²) in [6, 6.07) is 7.23. The van der Waals surface area contributed by atoms with Gasteiger partial charge < -0.3 is 20.2 Å². The first-order chi connectivity index (χ1) is 16.9. The minimum absolute atomic E-state index is 0.0231. The summed E-state index contributed by atoms with van der Waals surface area (Å²) in [4.78, 5) is 40.2. The van der Waals surface area contributed by atoms with Crippen molar-refractivity contribution >= 4 is 29.2 Å². The van der Waals surface area contributed by atoms with Gasteiger partial charge in [-0.15, -0.1) is 0 Å². The summed E-state index contributed by atoms with van der Waals surface area (Å²) >= 11 is 0. The van der Waals surface area contributed by atoms with Crippen LogP contribution in [0, 0.1) is 6.92 Å². The molecule has 1 aromatic carbocycles. The van der Waals surface area contributed by atoms with Crippen LogP contribution >= 0.6 is 0 Å². The fraction of sp³-hybridized carbons (Fsp3) is 0.640. The molecule has 3 atom stereocenters. The zero-order valence-electron chi connectivity index (χ0n) is 21.0. The second-order valence-corrected chi connectivity index (χ2v) is 9.78. The quantitative estimate of drug-likeness (QED) is 0.640. The van der Waals surface area contributed by atoms with Crippen molar-refractivity contribution in [2.75, 3.05) is 36.4 Å². The second kappa shape index (κ2) is 11.5. The van der Waals surface area contributed by atoms with Crippen molar-refractivity contribution in [3.63, 3.8) is 0 Å². The average Bonchev–Trinajstić information content (AvgIpc) is 3.54. The Morgan fingerprint density at radius 1 is 1.06 bits per heavy atom. The number of rotatable bonds is 4. The molecule has 1 aromatic rings. The Bertz CT molecular complexity index is 971. The van der Waals surface area contributed by atoms with E-state index in [1.807, 2.05) is 6.07 Å². The van der Waals surface area contributed by atoms with Crippen molar-refractivity contribution in [1.82, 2.24) is 9.80 Å². The number of carbonyl (C=O) groups is 3. The van der Waals surface area contributed by atoms with Gasteiger partial charge in [0.25, 0.3) is 0 Å². The predicted molar refractivity (Wildman–Crippen MR) is 130 cm³/mol. The van der Waals surface area contributed by atoms with Crippen LogP contribution in [-0.4, -0.2) is 83.2 Å². The number of alkyl halides is 3. The summed E-state index contributed by atoms with van der Waals surface area (Å²) in [6.45, 7) is 10.1. The molecule has 8 nitrogen and oxygen atoms in total. The summed E-state index contributed by atoms with van der Waals surface area (Å²) in [5.74, 6) is -2.85. The van der Waals surface area contributed by atoms with Crippen LogP contribution in [0.4, 0.5) is 24.5 Å². The second-order valence-electron chi connectivity index (χ2n) is 9.78. The van der Waals surface area contributed by atoms with Crippen LogP contribution in [-0.2, 0) is 14.4 Å². The topological polar surface area (TPSA) is 93.2 Å². The number of carboxylic acids is 1. The highest BCUT2D eigenvalue weighted by atomic mass is 19.4. The van der Waals surface area contributed by atoms with Gasteiger partial charge in [-0.2, -0.15) is 13.2 Å². The van der Waals surface area contributed by atoms with Crippen molar-refractivity contribution < 1.29 is 32.7 Å². The average molecular weight is 513 g/mol. The molecule has 2 N–H and O–H groups in total. The summed E-state index contributed by atoms with van der Waals surface area (Å²) < 4.78 is 31.7. The Labute approximate surface area is 209 Å². The van der Waals surface area contributed by atoms with Gasteiger partial charge in [-0.3, -0.25) is 14.5 Å². The van der Waals surface area contributed by atoms with Crippen LogP contribution < -0.4 is 10.2 Å². The molecule has 0 spiro atoms. The van der Waals surface area contributed by atoms with Crippen LogP contribution in [0.15, 0.2) is 18.2 Å². The van der Waals surface area contributed by atoms with Gasteiger partial charge >= 0.3 is 12.1 Å². The Morgan fingerprint density at radius 3 is 2.28 bits per heavy atom. The molecule has 3 fully saturated rings. The van der Waals surface area contributed by atoms with Gasteiger partial charge in [0.2, 0.25) is 11.8 Å². The number of nitrogens with one attached hydrogen (secondary N) is 1. The lowest BCUT2D eigenvalue weighted by Crippen LogP contribution is -2.42. The number of aliphatic carboxylic acids is 1. The highest BCUT2D eigenvalue weighted by molar-refractivity contribution is 5.97. The van der Waals surface area contributed by atoms with Gasteiger partial charge in [0.05, 0.1) is 0 Å². The van der Waals surface area contributed by atoms with E-state index in [0.29, 0.717) is 18.6 Å². The highest BCUT2D eigenvalue weighted by Gasteiger charge is 2.38. The molecule has 0 saturated carbocycles. The van der Waals surface area contributed by atoms with Gasteiger partial charge in [-0.25, -0.2) is 4.79 Å². The standard InChI is InChI=1S/C23H34N4O2.C2HF3O2/c1-16-14-19(24-23(29)22-7-5-12-27(22)18(3)28)8-9-21(16)25-13-10-20(15-25)26-11-4-6-17(26)2;3-2(4,5)1(6)7/h8-9,14,17,20,22H,4-7,10-13,15H2,1-3H3,(H,24,29);(H,6,7). The van der Waals surface area contributed by atoms with Crippen molar-refractivity contribution in [2.45, 2.75) is 77.2 Å². The normalized spacial score (nSPS) is 24.4. The minimum atomic E-state index is -5.08. The monoisotopic (exact) mass is 512 g/mol. The lowest BCUT2D eigenvalue weighted by Gasteiger charge is -2.29. The maximum absolute atomic E-state index is 12.7. The molecule has 3 heterocycles. The summed E-state index contributed by atoms with van der Waals surface area (Å²) in [7, 11) is 0. The first kappa shape index (κ1) is 27.8. The van der Waals surface area contributed by atoms with E-state index in [4.69, 9.17) is 9.90 Å². The van der Waals surface area contributed by atoms with Crippen molar-refractivity contribution in [1.29, 1.82) is 0 Å². The molecule has 3 aliphatic heterocycles. The fourth-order valence-electron chi connectivity index (χ4n) is 5.46. The molecule has 0 aliphatic carbocycles. The molecule has 4 rings (SSSR count).